The molecule has 1 N–H and O–H groups in total. The highest BCUT2D eigenvalue weighted by molar-refractivity contribution is 6.33. The lowest BCUT2D eigenvalue weighted by molar-refractivity contribution is 0.0949. The third-order valence-corrected chi connectivity index (χ3v) is 2.86. The molecule has 0 aliphatic heterocycles. The van der Waals surface area contributed by atoms with Crippen LogP contribution in [-0.4, -0.2) is 21.4 Å². The first-order chi connectivity index (χ1) is 9.47. The Morgan fingerprint density at radius 3 is 2.60 bits per heavy atom. The number of hydrogen-bond donors (Lipinski definition) is 1. The summed E-state index contributed by atoms with van der Waals surface area (Å²) in [7, 11) is 1.66. The van der Waals surface area contributed by atoms with E-state index in [0.717, 1.165) is 0 Å². The van der Waals surface area contributed by atoms with Crippen molar-refractivity contribution >= 4 is 23.2 Å². The summed E-state index contributed by atoms with van der Waals surface area (Å²) < 4.78 is 14.2. The molecule has 0 saturated heterocycles. The number of halogens is 2. The number of carbonyl (C=O) groups excluding carboxylic acids is 1. The molecule has 104 valence electrons. The molecule has 0 unspecified atom stereocenters. The van der Waals surface area contributed by atoms with E-state index in [2.05, 4.69) is 15.6 Å². The molecular weight excluding hydrogens is 283 g/mol. The largest absolute Gasteiger partial charge is 0.293 e. The van der Waals surface area contributed by atoms with E-state index in [1.807, 2.05) is 0 Å². The average molecular weight is 295 g/mol. The van der Waals surface area contributed by atoms with Crippen LogP contribution < -0.4 is 5.43 Å². The lowest BCUT2D eigenvalue weighted by atomic mass is 10.1. The summed E-state index contributed by atoms with van der Waals surface area (Å²) in [5, 5.41) is 8.11. The van der Waals surface area contributed by atoms with E-state index >= 15 is 0 Å². The third kappa shape index (κ3) is 3.21. The van der Waals surface area contributed by atoms with E-state index in [1.54, 1.807) is 26.1 Å². The number of nitrogens with zero attached hydrogens (tertiary/aromatic N) is 3. The molecule has 0 aliphatic carbocycles. The van der Waals surface area contributed by atoms with Crippen molar-refractivity contribution in [2.45, 2.75) is 6.92 Å². The second kappa shape index (κ2) is 5.83. The van der Waals surface area contributed by atoms with Gasteiger partial charge in [-0.25, -0.2) is 9.82 Å². The van der Waals surface area contributed by atoms with Crippen molar-refractivity contribution in [3.05, 3.63) is 52.6 Å². The van der Waals surface area contributed by atoms with Gasteiger partial charge in [-0.05, 0) is 24.6 Å². The summed E-state index contributed by atoms with van der Waals surface area (Å²) in [5.74, 6) is -0.831. The number of hydrogen-bond acceptors (Lipinski definition) is 3. The third-order valence-electron chi connectivity index (χ3n) is 2.59. The molecule has 2 aromatic rings. The van der Waals surface area contributed by atoms with Gasteiger partial charge in [-0.2, -0.15) is 10.2 Å². The van der Waals surface area contributed by atoms with E-state index in [-0.39, 0.29) is 16.5 Å². The van der Waals surface area contributed by atoms with Crippen molar-refractivity contribution in [3.63, 3.8) is 0 Å². The molecule has 5 nitrogen and oxygen atoms in total. The fourth-order valence-corrected chi connectivity index (χ4v) is 1.82. The smallest absolute Gasteiger partial charge is 0.273 e. The Hall–Kier alpha value is -2.21. The normalized spacial score (nSPS) is 11.5. The van der Waals surface area contributed by atoms with Crippen molar-refractivity contribution in [1.29, 1.82) is 0 Å². The molecule has 1 aromatic carbocycles. The Labute approximate surface area is 120 Å². The standard InChI is InChI=1S/C13H12ClFN4O/c1-8(9-3-5-10(15)6-4-9)16-17-13(20)12-11(14)7-19(2)18-12/h3-7H,1-2H3,(H,17,20)/b16-8+. The summed E-state index contributed by atoms with van der Waals surface area (Å²) in [6.07, 6.45) is 1.52. The SMILES string of the molecule is C/C(=N\NC(=O)c1nn(C)cc1Cl)c1ccc(F)cc1. The topological polar surface area (TPSA) is 59.3 Å². The van der Waals surface area contributed by atoms with Gasteiger partial charge in [-0.15, -0.1) is 0 Å². The molecule has 2 rings (SSSR count). The van der Waals surface area contributed by atoms with E-state index in [0.29, 0.717) is 11.3 Å². The zero-order valence-electron chi connectivity index (χ0n) is 10.9. The number of aryl methyl sites for hydroxylation is 1. The van der Waals surface area contributed by atoms with Crippen LogP contribution in [-0.2, 0) is 7.05 Å². The number of aromatic nitrogens is 2. The Morgan fingerprint density at radius 2 is 2.05 bits per heavy atom. The van der Waals surface area contributed by atoms with E-state index in [1.165, 1.54) is 23.0 Å². The highest BCUT2D eigenvalue weighted by Gasteiger charge is 2.14. The first-order valence-corrected chi connectivity index (χ1v) is 6.15. The van der Waals surface area contributed by atoms with Crippen LogP contribution in [0.25, 0.3) is 0 Å². The van der Waals surface area contributed by atoms with Gasteiger partial charge in [0.2, 0.25) is 0 Å². The van der Waals surface area contributed by atoms with Crippen LogP contribution in [0.5, 0.6) is 0 Å². The highest BCUT2D eigenvalue weighted by atomic mass is 35.5. The summed E-state index contributed by atoms with van der Waals surface area (Å²) in [4.78, 5) is 11.8. The minimum atomic E-state index is -0.503. The van der Waals surface area contributed by atoms with E-state index in [9.17, 15) is 9.18 Å². The van der Waals surface area contributed by atoms with Crippen molar-refractivity contribution in [2.75, 3.05) is 0 Å². The molecule has 0 bridgehead atoms. The molecule has 0 saturated carbocycles. The van der Waals surface area contributed by atoms with Crippen molar-refractivity contribution < 1.29 is 9.18 Å². The van der Waals surface area contributed by atoms with Gasteiger partial charge >= 0.3 is 0 Å². The Balaban J connectivity index is 2.10. The van der Waals surface area contributed by atoms with Crippen LogP contribution >= 0.6 is 11.6 Å². The number of nitrogens with one attached hydrogen (secondary N) is 1. The van der Waals surface area contributed by atoms with Gasteiger partial charge in [0.15, 0.2) is 5.69 Å². The van der Waals surface area contributed by atoms with Gasteiger partial charge in [0.05, 0.1) is 10.7 Å². The summed E-state index contributed by atoms with van der Waals surface area (Å²) >= 11 is 5.86. The quantitative estimate of drug-likeness (QED) is 0.698. The van der Waals surface area contributed by atoms with Crippen molar-refractivity contribution in [3.8, 4) is 0 Å². The molecular formula is C13H12ClFN4O. The first kappa shape index (κ1) is 14.2. The van der Waals surface area contributed by atoms with E-state index < -0.39 is 5.91 Å². The monoisotopic (exact) mass is 294 g/mol. The Bertz CT molecular complexity index is 664. The minimum absolute atomic E-state index is 0.102. The molecule has 0 aliphatic rings. The van der Waals surface area contributed by atoms with Gasteiger partial charge < -0.3 is 0 Å². The second-order valence-electron chi connectivity index (χ2n) is 4.14. The minimum Gasteiger partial charge on any atom is -0.273 e. The van der Waals surface area contributed by atoms with Gasteiger partial charge in [-0.3, -0.25) is 9.48 Å². The van der Waals surface area contributed by atoms with Gasteiger partial charge in [0, 0.05) is 13.2 Å². The lowest BCUT2D eigenvalue weighted by Crippen LogP contribution is -2.20. The highest BCUT2D eigenvalue weighted by Crippen LogP contribution is 2.12. The molecule has 0 radical (unpaired) electrons. The molecule has 0 fully saturated rings. The molecule has 0 spiro atoms. The van der Waals surface area contributed by atoms with Gasteiger partial charge in [-0.1, -0.05) is 23.7 Å². The fourth-order valence-electron chi connectivity index (χ4n) is 1.56. The van der Waals surface area contributed by atoms with Gasteiger partial charge in [0.1, 0.15) is 5.82 Å². The molecule has 1 amide bonds. The van der Waals surface area contributed by atoms with Crippen LogP contribution in [0.15, 0.2) is 35.6 Å². The molecule has 0 atom stereocenters. The van der Waals surface area contributed by atoms with Crippen molar-refractivity contribution in [2.24, 2.45) is 12.1 Å². The van der Waals surface area contributed by atoms with Crippen LogP contribution in [0, 0.1) is 5.82 Å². The predicted molar refractivity (Wildman–Crippen MR) is 74.3 cm³/mol. The van der Waals surface area contributed by atoms with Gasteiger partial charge in [0.25, 0.3) is 5.91 Å². The van der Waals surface area contributed by atoms with Crippen molar-refractivity contribution in [1.82, 2.24) is 15.2 Å². The summed E-state index contributed by atoms with van der Waals surface area (Å²) in [6, 6.07) is 5.81. The fraction of sp³-hybridized carbons (Fsp3) is 0.154. The zero-order valence-corrected chi connectivity index (χ0v) is 11.6. The number of benzene rings is 1. The Morgan fingerprint density at radius 1 is 1.40 bits per heavy atom. The lowest BCUT2D eigenvalue weighted by Gasteiger charge is -2.01. The number of carbonyl (C=O) groups is 1. The number of amides is 1. The summed E-state index contributed by atoms with van der Waals surface area (Å²) in [6.45, 7) is 1.70. The zero-order chi connectivity index (χ0) is 14.7. The van der Waals surface area contributed by atoms with Crippen LogP contribution in [0.3, 0.4) is 0 Å². The summed E-state index contributed by atoms with van der Waals surface area (Å²) in [5.41, 5.74) is 3.72. The molecule has 1 heterocycles. The predicted octanol–water partition coefficient (Wildman–Crippen LogP) is 2.37. The maximum Gasteiger partial charge on any atom is 0.293 e. The Kier molecular flexibility index (Phi) is 4.14. The molecule has 1 aromatic heterocycles. The maximum absolute atomic E-state index is 12.8. The molecule has 7 heteroatoms. The number of hydrazone groups is 1. The maximum atomic E-state index is 12.8. The average Bonchev–Trinajstić information content (AvgIpc) is 2.75. The van der Waals surface area contributed by atoms with Crippen LogP contribution in [0.1, 0.15) is 23.0 Å². The van der Waals surface area contributed by atoms with Crippen LogP contribution in [0.4, 0.5) is 4.39 Å². The number of rotatable bonds is 3. The van der Waals surface area contributed by atoms with E-state index in [4.69, 9.17) is 11.6 Å². The first-order valence-electron chi connectivity index (χ1n) is 5.77. The molecule has 20 heavy (non-hydrogen) atoms. The second-order valence-corrected chi connectivity index (χ2v) is 4.55. The van der Waals surface area contributed by atoms with Crippen LogP contribution in [0.2, 0.25) is 5.02 Å².